The van der Waals surface area contributed by atoms with Crippen molar-refractivity contribution in [3.05, 3.63) is 35.4 Å². The molecule has 1 aromatic carbocycles. The van der Waals surface area contributed by atoms with E-state index in [4.69, 9.17) is 0 Å². The number of hydrogen-bond acceptors (Lipinski definition) is 2. The van der Waals surface area contributed by atoms with E-state index in [-0.39, 0.29) is 5.92 Å². The number of Topliss-reactive ketones (excluding diaryl/α,β-unsaturated/α-hetero) is 1. The predicted molar refractivity (Wildman–Crippen MR) is 77.4 cm³/mol. The van der Waals surface area contributed by atoms with Gasteiger partial charge in [-0.25, -0.2) is 0 Å². The minimum Gasteiger partial charge on any atom is -0.306 e. The van der Waals surface area contributed by atoms with Crippen LogP contribution in [-0.4, -0.2) is 30.8 Å². The van der Waals surface area contributed by atoms with E-state index < -0.39 is 0 Å². The summed E-state index contributed by atoms with van der Waals surface area (Å²) in [5, 5.41) is 0. The van der Waals surface area contributed by atoms with Gasteiger partial charge in [0.15, 0.2) is 5.78 Å². The van der Waals surface area contributed by atoms with Crippen LogP contribution in [-0.2, 0) is 6.42 Å². The van der Waals surface area contributed by atoms with Crippen LogP contribution < -0.4 is 0 Å². The van der Waals surface area contributed by atoms with Gasteiger partial charge in [0.05, 0.1) is 0 Å². The Bertz CT molecular complexity index is 464. The van der Waals surface area contributed by atoms with Crippen LogP contribution in [0.2, 0.25) is 0 Å². The fourth-order valence-electron chi connectivity index (χ4n) is 3.14. The molecule has 0 aromatic heterocycles. The molecule has 0 bridgehead atoms. The fourth-order valence-corrected chi connectivity index (χ4v) is 3.14. The second-order valence-corrected chi connectivity index (χ2v) is 6.25. The number of fused-ring (bicyclic) bond motifs is 1. The van der Waals surface area contributed by atoms with Crippen LogP contribution in [0.3, 0.4) is 0 Å². The molecule has 0 heterocycles. The van der Waals surface area contributed by atoms with E-state index in [1.165, 1.54) is 24.9 Å². The van der Waals surface area contributed by atoms with Crippen LogP contribution in [0.4, 0.5) is 0 Å². The van der Waals surface area contributed by atoms with Gasteiger partial charge < -0.3 is 4.90 Å². The van der Waals surface area contributed by atoms with Gasteiger partial charge in [0.25, 0.3) is 0 Å². The molecule has 1 atom stereocenters. The van der Waals surface area contributed by atoms with E-state index >= 15 is 0 Å². The number of carbonyl (C=O) groups excluding carboxylic acids is 1. The molecule has 2 aliphatic carbocycles. The summed E-state index contributed by atoms with van der Waals surface area (Å²) in [6.45, 7) is 2.28. The Morgan fingerprint density at radius 3 is 2.79 bits per heavy atom. The number of carbonyl (C=O) groups is 1. The average Bonchev–Trinajstić information content (AvgIpc) is 3.22. The highest BCUT2D eigenvalue weighted by Crippen LogP contribution is 2.30. The molecule has 3 rings (SSSR count). The van der Waals surface area contributed by atoms with Crippen molar-refractivity contribution in [2.24, 2.45) is 11.8 Å². The van der Waals surface area contributed by atoms with Gasteiger partial charge in [-0.2, -0.15) is 0 Å². The van der Waals surface area contributed by atoms with Crippen LogP contribution in [0.5, 0.6) is 0 Å². The zero-order valence-electron chi connectivity index (χ0n) is 11.8. The predicted octanol–water partition coefficient (Wildman–Crippen LogP) is 3.16. The maximum absolute atomic E-state index is 12.4. The van der Waals surface area contributed by atoms with Gasteiger partial charge in [0.1, 0.15) is 0 Å². The molecular weight excluding hydrogens is 234 g/mol. The van der Waals surface area contributed by atoms with Crippen molar-refractivity contribution in [2.75, 3.05) is 20.1 Å². The molecule has 2 heteroatoms. The zero-order chi connectivity index (χ0) is 13.2. The number of benzene rings is 1. The van der Waals surface area contributed by atoms with Gasteiger partial charge in [-0.05, 0) is 57.2 Å². The van der Waals surface area contributed by atoms with E-state index in [9.17, 15) is 4.79 Å². The maximum Gasteiger partial charge on any atom is 0.166 e. The average molecular weight is 257 g/mol. The highest BCUT2D eigenvalue weighted by Gasteiger charge is 2.28. The first-order chi connectivity index (χ1) is 9.24. The minimum absolute atomic E-state index is 0.247. The summed E-state index contributed by atoms with van der Waals surface area (Å²) < 4.78 is 0. The zero-order valence-corrected chi connectivity index (χ0v) is 11.8. The molecule has 0 aliphatic heterocycles. The first-order valence-electron chi connectivity index (χ1n) is 7.54. The summed E-state index contributed by atoms with van der Waals surface area (Å²) in [7, 11) is 2.19. The van der Waals surface area contributed by atoms with E-state index in [1.807, 2.05) is 18.2 Å². The Morgan fingerprint density at radius 1 is 1.21 bits per heavy atom. The lowest BCUT2D eigenvalue weighted by molar-refractivity contribution is 0.0885. The molecule has 102 valence electrons. The van der Waals surface area contributed by atoms with Gasteiger partial charge in [-0.1, -0.05) is 24.3 Å². The number of nitrogens with zero attached hydrogens (tertiary/aromatic N) is 1. The quantitative estimate of drug-likeness (QED) is 0.807. The summed E-state index contributed by atoms with van der Waals surface area (Å²) in [6, 6.07) is 8.12. The number of hydrogen-bond donors (Lipinski definition) is 0. The summed E-state index contributed by atoms with van der Waals surface area (Å²) in [5.41, 5.74) is 2.22. The van der Waals surface area contributed by atoms with Crippen LogP contribution >= 0.6 is 0 Å². The largest absolute Gasteiger partial charge is 0.306 e. The molecular formula is C17H23NO. The normalized spacial score (nSPS) is 22.6. The van der Waals surface area contributed by atoms with Crippen LogP contribution in [0.15, 0.2) is 24.3 Å². The Labute approximate surface area is 115 Å². The third-order valence-electron chi connectivity index (χ3n) is 4.54. The Hall–Kier alpha value is -1.15. The molecule has 2 nitrogen and oxygen atoms in total. The monoisotopic (exact) mass is 257 g/mol. The summed E-state index contributed by atoms with van der Waals surface area (Å²) in [6.07, 6.45) is 5.93. The van der Waals surface area contributed by atoms with E-state index in [0.29, 0.717) is 5.78 Å². The summed E-state index contributed by atoms with van der Waals surface area (Å²) in [4.78, 5) is 14.9. The number of aryl methyl sites for hydroxylation is 1. The second-order valence-electron chi connectivity index (χ2n) is 6.25. The minimum atomic E-state index is 0.247. The first kappa shape index (κ1) is 12.9. The maximum atomic E-state index is 12.4. The summed E-state index contributed by atoms with van der Waals surface area (Å²) in [5.74, 6) is 1.56. The number of ketones is 1. The molecule has 19 heavy (non-hydrogen) atoms. The molecule has 1 aromatic rings. The van der Waals surface area contributed by atoms with Crippen molar-refractivity contribution in [1.82, 2.24) is 4.90 Å². The van der Waals surface area contributed by atoms with Crippen LogP contribution in [0.25, 0.3) is 0 Å². The van der Waals surface area contributed by atoms with Crippen LogP contribution in [0.1, 0.15) is 41.6 Å². The molecule has 1 unspecified atom stereocenters. The molecule has 1 saturated carbocycles. The Balaban J connectivity index is 1.56. The lowest BCUT2D eigenvalue weighted by Crippen LogP contribution is -2.29. The Kier molecular flexibility index (Phi) is 3.69. The third-order valence-corrected chi connectivity index (χ3v) is 4.54. The molecule has 0 saturated heterocycles. The SMILES string of the molecule is CN(CCC1CCc2ccccc2C1=O)CC1CC1. The lowest BCUT2D eigenvalue weighted by Gasteiger charge is -2.25. The molecule has 0 N–H and O–H groups in total. The smallest absolute Gasteiger partial charge is 0.166 e. The van der Waals surface area contributed by atoms with Gasteiger partial charge >= 0.3 is 0 Å². The van der Waals surface area contributed by atoms with Crippen molar-refractivity contribution < 1.29 is 4.79 Å². The van der Waals surface area contributed by atoms with Crippen molar-refractivity contribution in [1.29, 1.82) is 0 Å². The molecule has 0 radical (unpaired) electrons. The van der Waals surface area contributed by atoms with Crippen molar-refractivity contribution in [2.45, 2.75) is 32.1 Å². The number of rotatable bonds is 5. The van der Waals surface area contributed by atoms with E-state index in [0.717, 1.165) is 37.3 Å². The van der Waals surface area contributed by atoms with Gasteiger partial charge in [0, 0.05) is 18.0 Å². The van der Waals surface area contributed by atoms with Gasteiger partial charge in [0.2, 0.25) is 0 Å². The molecule has 0 amide bonds. The Morgan fingerprint density at radius 2 is 2.00 bits per heavy atom. The van der Waals surface area contributed by atoms with Gasteiger partial charge in [-0.3, -0.25) is 4.79 Å². The lowest BCUT2D eigenvalue weighted by atomic mass is 9.81. The standard InChI is InChI=1S/C17H23NO/c1-18(12-13-6-7-13)11-10-15-9-8-14-4-2-3-5-16(14)17(15)19/h2-5,13,15H,6-12H2,1H3. The third kappa shape index (κ3) is 3.06. The molecule has 2 aliphatic rings. The van der Waals surface area contributed by atoms with Crippen LogP contribution in [0, 0.1) is 11.8 Å². The topological polar surface area (TPSA) is 20.3 Å². The highest BCUT2D eigenvalue weighted by molar-refractivity contribution is 6.00. The van der Waals surface area contributed by atoms with Crippen molar-refractivity contribution in [3.63, 3.8) is 0 Å². The highest BCUT2D eigenvalue weighted by atomic mass is 16.1. The van der Waals surface area contributed by atoms with Gasteiger partial charge in [-0.15, -0.1) is 0 Å². The second kappa shape index (κ2) is 5.46. The fraction of sp³-hybridized carbons (Fsp3) is 0.588. The summed E-state index contributed by atoms with van der Waals surface area (Å²) >= 11 is 0. The van der Waals surface area contributed by atoms with E-state index in [2.05, 4.69) is 18.0 Å². The van der Waals surface area contributed by atoms with Crippen molar-refractivity contribution in [3.8, 4) is 0 Å². The van der Waals surface area contributed by atoms with E-state index in [1.54, 1.807) is 0 Å². The van der Waals surface area contributed by atoms with Crippen molar-refractivity contribution >= 4 is 5.78 Å². The first-order valence-corrected chi connectivity index (χ1v) is 7.54. The molecule has 1 fully saturated rings. The molecule has 0 spiro atoms.